The molecule has 172 valence electrons. The third-order valence-electron chi connectivity index (χ3n) is 5.14. The van der Waals surface area contributed by atoms with Crippen LogP contribution in [-0.2, 0) is 0 Å². The second-order valence-corrected chi connectivity index (χ2v) is 6.87. The van der Waals surface area contributed by atoms with E-state index in [0.717, 1.165) is 0 Å². The Kier molecular flexibility index (Phi) is 4.60. The van der Waals surface area contributed by atoms with E-state index >= 15 is 8.78 Å². The van der Waals surface area contributed by atoms with Crippen LogP contribution in [0.15, 0.2) is 8.83 Å². The summed E-state index contributed by atoms with van der Waals surface area (Å²) in [5.41, 5.74) is -5.25. The van der Waals surface area contributed by atoms with Crippen molar-refractivity contribution in [3.05, 3.63) is 91.7 Å². The first-order chi connectivity index (χ1) is 17.2. The van der Waals surface area contributed by atoms with Gasteiger partial charge in [0.15, 0.2) is 34.4 Å². The molecule has 0 N–H and O–H groups in total. The van der Waals surface area contributed by atoms with E-state index in [0.29, 0.717) is 0 Å². The van der Waals surface area contributed by atoms with E-state index < -0.39 is 101 Å². The molecular formula is C22F6N6O2. The van der Waals surface area contributed by atoms with Crippen LogP contribution in [0.4, 0.5) is 26.3 Å². The highest BCUT2D eigenvalue weighted by Crippen LogP contribution is 2.42. The molecule has 0 atom stereocenters. The van der Waals surface area contributed by atoms with Gasteiger partial charge in [0.1, 0.15) is 37.3 Å². The molecule has 5 aromatic rings. The summed E-state index contributed by atoms with van der Waals surface area (Å²) in [5.74, 6) is -13.6. The van der Waals surface area contributed by atoms with Crippen LogP contribution in [0.5, 0.6) is 0 Å². The molecule has 0 amide bonds. The first-order valence-corrected chi connectivity index (χ1v) is 9.13. The van der Waals surface area contributed by atoms with Crippen molar-refractivity contribution in [2.75, 3.05) is 0 Å². The van der Waals surface area contributed by atoms with Gasteiger partial charge in [-0.2, -0.15) is 8.78 Å². The maximum atomic E-state index is 15.0. The van der Waals surface area contributed by atoms with Gasteiger partial charge >= 0.3 is 22.7 Å². The number of aromatic nitrogens is 2. The van der Waals surface area contributed by atoms with Gasteiger partial charge in [-0.25, -0.2) is 27.5 Å². The molecule has 2 heterocycles. The van der Waals surface area contributed by atoms with Crippen molar-refractivity contribution < 1.29 is 35.2 Å². The number of hydrogen-bond acceptors (Lipinski definition) is 4. The van der Waals surface area contributed by atoms with E-state index in [1.165, 1.54) is 0 Å². The van der Waals surface area contributed by atoms with Crippen molar-refractivity contribution in [3.8, 4) is 0 Å². The summed E-state index contributed by atoms with van der Waals surface area (Å²) < 4.78 is 99.5. The van der Waals surface area contributed by atoms with Crippen LogP contribution < -0.4 is 11.1 Å². The van der Waals surface area contributed by atoms with Gasteiger partial charge in [0.25, 0.3) is 0 Å². The largest absolute Gasteiger partial charge is 0.582 e. The SMILES string of the molecule is [C-]#[N+]C([N+]#[C-])=c1nc2c(o1)c(F)c(F)c1c(F)c(F)c3c(F)c(F)c4oc(=C([N+]#[C-])[N+]#[C-])nc4c3c12. The molecule has 0 fully saturated rings. The Balaban J connectivity index is 2.27. The van der Waals surface area contributed by atoms with E-state index in [4.69, 9.17) is 35.1 Å². The van der Waals surface area contributed by atoms with Crippen LogP contribution >= 0.6 is 0 Å². The van der Waals surface area contributed by atoms with Crippen molar-refractivity contribution in [1.29, 1.82) is 0 Å². The standard InChI is InChI=1S/C22F6N6O2/c1-29-19(30-2)21-33-15-5-6-8(10(24)9(23)7(5)11(25)13(27)17(15)35-21)12(26)14(28)18-16(6)34-22(36-18)20(31-3)32-4. The first-order valence-electron chi connectivity index (χ1n) is 9.13. The lowest BCUT2D eigenvalue weighted by molar-refractivity contribution is 0.473. The molecule has 0 aliphatic rings. The zero-order valence-corrected chi connectivity index (χ0v) is 16.8. The summed E-state index contributed by atoms with van der Waals surface area (Å²) in [7, 11) is 0. The fourth-order valence-corrected chi connectivity index (χ4v) is 3.70. The molecule has 0 spiro atoms. The monoisotopic (exact) mass is 494 g/mol. The Morgan fingerprint density at radius 1 is 0.500 bits per heavy atom. The van der Waals surface area contributed by atoms with Crippen LogP contribution in [0.3, 0.4) is 0 Å². The number of nitrogens with zero attached hydrogens (tertiary/aromatic N) is 6. The summed E-state index contributed by atoms with van der Waals surface area (Å²) in [6.07, 6.45) is 0. The van der Waals surface area contributed by atoms with Crippen LogP contribution in [0, 0.1) is 61.2 Å². The third-order valence-corrected chi connectivity index (χ3v) is 5.14. The summed E-state index contributed by atoms with van der Waals surface area (Å²) in [5, 5.41) is -4.46. The van der Waals surface area contributed by atoms with Gasteiger partial charge < -0.3 is 8.83 Å². The minimum Gasteiger partial charge on any atom is -0.437 e. The molecule has 0 saturated carbocycles. The molecule has 3 aromatic carbocycles. The molecule has 0 aliphatic carbocycles. The van der Waals surface area contributed by atoms with Gasteiger partial charge in [0.2, 0.25) is 11.6 Å². The Morgan fingerprint density at radius 3 is 1.11 bits per heavy atom. The van der Waals surface area contributed by atoms with Crippen molar-refractivity contribution in [3.63, 3.8) is 0 Å². The minimum atomic E-state index is -2.10. The predicted molar refractivity (Wildman–Crippen MR) is 109 cm³/mol. The highest BCUT2D eigenvalue weighted by Gasteiger charge is 2.32. The van der Waals surface area contributed by atoms with Crippen molar-refractivity contribution in [2.24, 2.45) is 0 Å². The molecule has 0 aliphatic heterocycles. The molecule has 2 aromatic heterocycles. The second-order valence-electron chi connectivity index (χ2n) is 6.87. The highest BCUT2D eigenvalue weighted by atomic mass is 19.2. The van der Waals surface area contributed by atoms with Gasteiger partial charge in [0.05, 0.1) is 10.8 Å². The number of benzene rings is 3. The summed E-state index contributed by atoms with van der Waals surface area (Å²) in [4.78, 5) is 18.8. The maximum Gasteiger partial charge on any atom is 0.582 e. The zero-order valence-electron chi connectivity index (χ0n) is 16.8. The van der Waals surface area contributed by atoms with E-state index in [-0.39, 0.29) is 0 Å². The quantitative estimate of drug-likeness (QED) is 0.174. The zero-order chi connectivity index (χ0) is 26.0. The number of rotatable bonds is 0. The van der Waals surface area contributed by atoms with Crippen LogP contribution in [0.2, 0.25) is 0 Å². The summed E-state index contributed by atoms with van der Waals surface area (Å²) in [6.45, 7) is 28.0. The molecular weight excluding hydrogens is 494 g/mol. The van der Waals surface area contributed by atoms with Crippen LogP contribution in [0.1, 0.15) is 0 Å². The number of halogens is 6. The molecule has 5 rings (SSSR count). The highest BCUT2D eigenvalue weighted by molar-refractivity contribution is 6.25. The van der Waals surface area contributed by atoms with Gasteiger partial charge in [-0.3, -0.25) is 0 Å². The number of hydrogen-bond donors (Lipinski definition) is 0. The van der Waals surface area contributed by atoms with E-state index in [9.17, 15) is 17.6 Å². The lowest BCUT2D eigenvalue weighted by Crippen LogP contribution is -2.03. The van der Waals surface area contributed by atoms with Gasteiger partial charge in [-0.15, -0.1) is 19.4 Å². The second kappa shape index (κ2) is 7.45. The van der Waals surface area contributed by atoms with Crippen molar-refractivity contribution in [1.82, 2.24) is 9.97 Å². The number of fused-ring (bicyclic) bond motifs is 7. The summed E-state index contributed by atoms with van der Waals surface area (Å²) >= 11 is 0. The fraction of sp³-hybridized carbons (Fsp3) is 0. The molecule has 0 bridgehead atoms. The van der Waals surface area contributed by atoms with E-state index in [2.05, 4.69) is 29.3 Å². The molecule has 14 heteroatoms. The van der Waals surface area contributed by atoms with E-state index in [1.807, 2.05) is 0 Å². The topological polar surface area (TPSA) is 69.5 Å². The van der Waals surface area contributed by atoms with Crippen LogP contribution in [-0.4, -0.2) is 9.97 Å². The third kappa shape index (κ3) is 2.61. The smallest absolute Gasteiger partial charge is 0.437 e. The van der Waals surface area contributed by atoms with Crippen LogP contribution in [0.25, 0.3) is 74.8 Å². The Hall–Kier alpha value is -5.60. The maximum absolute atomic E-state index is 15.0. The van der Waals surface area contributed by atoms with Crippen molar-refractivity contribution in [2.45, 2.75) is 0 Å². The first kappa shape index (κ1) is 22.2. The summed E-state index contributed by atoms with van der Waals surface area (Å²) in [6, 6.07) is 0. The molecule has 0 saturated heterocycles. The number of oxazole rings is 2. The van der Waals surface area contributed by atoms with Gasteiger partial charge in [-0.1, -0.05) is 0 Å². The fourth-order valence-electron chi connectivity index (χ4n) is 3.70. The lowest BCUT2D eigenvalue weighted by atomic mass is 9.97. The predicted octanol–water partition coefficient (Wildman–Crippen LogP) is 4.92. The average Bonchev–Trinajstić information content (AvgIpc) is 3.50. The van der Waals surface area contributed by atoms with Crippen molar-refractivity contribution >= 4 is 55.4 Å². The van der Waals surface area contributed by atoms with E-state index in [1.54, 1.807) is 0 Å². The molecule has 0 radical (unpaired) electrons. The molecule has 0 unspecified atom stereocenters. The Morgan fingerprint density at radius 2 is 0.806 bits per heavy atom. The minimum absolute atomic E-state index is 0.774. The Bertz CT molecular complexity index is 1980. The Labute approximate surface area is 192 Å². The normalized spacial score (nSPS) is 10.9. The molecule has 8 nitrogen and oxygen atoms in total. The average molecular weight is 494 g/mol. The molecule has 36 heavy (non-hydrogen) atoms. The van der Waals surface area contributed by atoms with Gasteiger partial charge in [0, 0.05) is 10.8 Å². The van der Waals surface area contributed by atoms with Gasteiger partial charge in [-0.05, 0) is 0 Å². The lowest BCUT2D eigenvalue weighted by Gasteiger charge is -2.11.